The molecule has 0 bridgehead atoms. The number of carbonyl (C=O) groups excluding carboxylic acids is 1. The third-order valence-electron chi connectivity index (χ3n) is 1.85. The van der Waals surface area contributed by atoms with Crippen LogP contribution in [0.4, 0.5) is 4.79 Å². The number of amides is 2. The molecule has 0 aromatic rings. The summed E-state index contributed by atoms with van der Waals surface area (Å²) in [5.41, 5.74) is 4.91. The smallest absolute Gasteiger partial charge is 0.312 e. The summed E-state index contributed by atoms with van der Waals surface area (Å²) >= 11 is 0. The molecule has 0 spiro atoms. The van der Waals surface area contributed by atoms with Crippen LogP contribution < -0.4 is 11.1 Å². The monoisotopic (exact) mass is 170 g/mol. The zero-order valence-corrected chi connectivity index (χ0v) is 7.21. The fraction of sp³-hybridized carbons (Fsp3) is 0.714. The number of hydrogen-bond donors (Lipinski definition) is 2. The lowest BCUT2D eigenvalue weighted by Crippen LogP contribution is -2.38. The molecule has 0 aromatic carbocycles. The van der Waals surface area contributed by atoms with Gasteiger partial charge in [0.15, 0.2) is 0 Å². The van der Waals surface area contributed by atoms with Crippen LogP contribution in [-0.4, -0.2) is 42.9 Å². The minimum atomic E-state index is -0.469. The number of amidine groups is 1. The van der Waals surface area contributed by atoms with Gasteiger partial charge in [-0.2, -0.15) is 0 Å². The van der Waals surface area contributed by atoms with E-state index in [4.69, 9.17) is 5.73 Å². The first-order chi connectivity index (χ1) is 5.70. The topological polar surface area (TPSA) is 70.7 Å². The first-order valence-corrected chi connectivity index (χ1v) is 3.99. The van der Waals surface area contributed by atoms with E-state index in [1.807, 2.05) is 6.92 Å². The van der Waals surface area contributed by atoms with Crippen LogP contribution in [0, 0.1) is 0 Å². The number of aliphatic imine (C=N–C) groups is 1. The Hall–Kier alpha value is -1.26. The van der Waals surface area contributed by atoms with Gasteiger partial charge in [0.25, 0.3) is 0 Å². The van der Waals surface area contributed by atoms with E-state index in [1.54, 1.807) is 0 Å². The maximum absolute atomic E-state index is 10.3. The average molecular weight is 170 g/mol. The van der Waals surface area contributed by atoms with Crippen LogP contribution in [0.5, 0.6) is 0 Å². The lowest BCUT2D eigenvalue weighted by molar-refractivity contribution is 0.248. The van der Waals surface area contributed by atoms with Crippen molar-refractivity contribution in [3.8, 4) is 0 Å². The summed E-state index contributed by atoms with van der Waals surface area (Å²) in [6.45, 7) is 5.16. The van der Waals surface area contributed by atoms with Gasteiger partial charge in [-0.3, -0.25) is 4.99 Å². The predicted octanol–water partition coefficient (Wildman–Crippen LogP) is -0.611. The van der Waals surface area contributed by atoms with E-state index in [-0.39, 0.29) is 0 Å². The van der Waals surface area contributed by atoms with Gasteiger partial charge in [-0.05, 0) is 6.92 Å². The molecule has 0 radical (unpaired) electrons. The summed E-state index contributed by atoms with van der Waals surface area (Å²) < 4.78 is 0. The van der Waals surface area contributed by atoms with Gasteiger partial charge in [-0.25, -0.2) is 4.79 Å². The van der Waals surface area contributed by atoms with E-state index in [9.17, 15) is 4.79 Å². The van der Waals surface area contributed by atoms with Gasteiger partial charge in [0, 0.05) is 19.6 Å². The molecule has 0 aliphatic carbocycles. The number of nitrogens with zero attached hydrogens (tertiary/aromatic N) is 2. The van der Waals surface area contributed by atoms with Crippen LogP contribution in [-0.2, 0) is 0 Å². The van der Waals surface area contributed by atoms with Crippen molar-refractivity contribution in [3.63, 3.8) is 0 Å². The zero-order chi connectivity index (χ0) is 8.97. The quantitative estimate of drug-likeness (QED) is 0.593. The van der Waals surface area contributed by atoms with E-state index in [0.29, 0.717) is 6.54 Å². The molecular weight excluding hydrogens is 156 g/mol. The van der Waals surface area contributed by atoms with Crippen molar-refractivity contribution < 1.29 is 4.79 Å². The number of rotatable bonds is 3. The Bertz CT molecular complexity index is 202. The molecule has 5 nitrogen and oxygen atoms in total. The fourth-order valence-corrected chi connectivity index (χ4v) is 1.18. The van der Waals surface area contributed by atoms with Crippen LogP contribution in [0.1, 0.15) is 6.92 Å². The van der Waals surface area contributed by atoms with E-state index in [1.165, 1.54) is 0 Å². The van der Waals surface area contributed by atoms with Gasteiger partial charge in [0.2, 0.25) is 0 Å². The zero-order valence-electron chi connectivity index (χ0n) is 7.21. The van der Waals surface area contributed by atoms with Gasteiger partial charge < -0.3 is 16.0 Å². The number of carbonyl (C=O) groups is 1. The minimum Gasteiger partial charge on any atom is -0.357 e. The third-order valence-corrected chi connectivity index (χ3v) is 1.85. The first kappa shape index (κ1) is 8.83. The van der Waals surface area contributed by atoms with Crippen molar-refractivity contribution in [1.82, 2.24) is 10.2 Å². The van der Waals surface area contributed by atoms with Crippen LogP contribution >= 0.6 is 0 Å². The molecule has 1 heterocycles. The highest BCUT2D eigenvalue weighted by molar-refractivity contribution is 5.81. The molecule has 2 amide bonds. The van der Waals surface area contributed by atoms with Crippen LogP contribution in [0.3, 0.4) is 0 Å². The third kappa shape index (κ3) is 2.41. The Kier molecular flexibility index (Phi) is 2.90. The lowest BCUT2D eigenvalue weighted by Gasteiger charge is -2.17. The summed E-state index contributed by atoms with van der Waals surface area (Å²) in [4.78, 5) is 16.7. The van der Waals surface area contributed by atoms with Crippen molar-refractivity contribution in [2.24, 2.45) is 10.7 Å². The normalized spacial score (nSPS) is 16.1. The minimum absolute atomic E-state index is 0.469. The molecule has 1 aliphatic heterocycles. The number of urea groups is 1. The molecule has 0 fully saturated rings. The second-order valence-corrected chi connectivity index (χ2v) is 2.71. The summed E-state index contributed by atoms with van der Waals surface area (Å²) in [6, 6.07) is -0.469. The largest absolute Gasteiger partial charge is 0.357 e. The molecule has 1 rings (SSSR count). The number of nitrogens with one attached hydrogen (secondary N) is 1. The molecule has 5 heteroatoms. The standard InChI is InChI=1S/C7H14N4O/c1-6-9-2-4-11(6)5-3-10-7(8)12/h2-5H2,1H3,(H3,8,10,12). The second kappa shape index (κ2) is 3.94. The van der Waals surface area contributed by atoms with E-state index < -0.39 is 6.03 Å². The number of primary amides is 1. The van der Waals surface area contributed by atoms with Crippen molar-refractivity contribution in [2.75, 3.05) is 26.2 Å². The maximum atomic E-state index is 10.3. The van der Waals surface area contributed by atoms with Crippen LogP contribution in [0.25, 0.3) is 0 Å². The molecule has 0 aromatic heterocycles. The van der Waals surface area contributed by atoms with Gasteiger partial charge in [0.1, 0.15) is 0 Å². The molecule has 0 atom stereocenters. The van der Waals surface area contributed by atoms with Gasteiger partial charge in [-0.15, -0.1) is 0 Å². The molecule has 1 aliphatic rings. The van der Waals surface area contributed by atoms with Gasteiger partial charge >= 0.3 is 6.03 Å². The summed E-state index contributed by atoms with van der Waals surface area (Å²) in [5.74, 6) is 1.04. The van der Waals surface area contributed by atoms with Gasteiger partial charge in [0.05, 0.1) is 12.4 Å². The van der Waals surface area contributed by atoms with Crippen molar-refractivity contribution in [2.45, 2.75) is 6.92 Å². The molecule has 0 saturated heterocycles. The Balaban J connectivity index is 2.15. The average Bonchev–Trinajstić information content (AvgIpc) is 2.36. The molecular formula is C7H14N4O. The highest BCUT2D eigenvalue weighted by atomic mass is 16.2. The van der Waals surface area contributed by atoms with Crippen LogP contribution in [0.2, 0.25) is 0 Å². The fourth-order valence-electron chi connectivity index (χ4n) is 1.18. The Morgan fingerprint density at radius 1 is 1.83 bits per heavy atom. The molecule has 3 N–H and O–H groups in total. The van der Waals surface area contributed by atoms with Crippen LogP contribution in [0.15, 0.2) is 4.99 Å². The molecule has 68 valence electrons. The lowest BCUT2D eigenvalue weighted by atomic mass is 10.5. The highest BCUT2D eigenvalue weighted by Crippen LogP contribution is 1.98. The summed E-state index contributed by atoms with van der Waals surface area (Å²) in [6.07, 6.45) is 0. The van der Waals surface area contributed by atoms with Gasteiger partial charge in [-0.1, -0.05) is 0 Å². The van der Waals surface area contributed by atoms with Crippen molar-refractivity contribution in [3.05, 3.63) is 0 Å². The van der Waals surface area contributed by atoms with Crippen molar-refractivity contribution >= 4 is 11.9 Å². The number of nitrogens with two attached hydrogens (primary N) is 1. The number of hydrogen-bond acceptors (Lipinski definition) is 3. The second-order valence-electron chi connectivity index (χ2n) is 2.71. The predicted molar refractivity (Wildman–Crippen MR) is 47.1 cm³/mol. The molecule has 12 heavy (non-hydrogen) atoms. The Morgan fingerprint density at radius 3 is 3.08 bits per heavy atom. The van der Waals surface area contributed by atoms with E-state index >= 15 is 0 Å². The van der Waals surface area contributed by atoms with Crippen molar-refractivity contribution in [1.29, 1.82) is 0 Å². The molecule has 0 saturated carbocycles. The summed E-state index contributed by atoms with van der Waals surface area (Å²) in [7, 11) is 0. The Labute approximate surface area is 71.6 Å². The summed E-state index contributed by atoms with van der Waals surface area (Å²) in [5, 5.41) is 2.54. The Morgan fingerprint density at radius 2 is 2.58 bits per heavy atom. The highest BCUT2D eigenvalue weighted by Gasteiger charge is 2.10. The SMILES string of the molecule is CC1=NCCN1CCNC(N)=O. The molecule has 0 unspecified atom stereocenters. The maximum Gasteiger partial charge on any atom is 0.312 e. The van der Waals surface area contributed by atoms with E-state index in [2.05, 4.69) is 15.2 Å². The van der Waals surface area contributed by atoms with E-state index in [0.717, 1.165) is 25.5 Å². The first-order valence-electron chi connectivity index (χ1n) is 3.99.